The maximum absolute atomic E-state index is 11.4. The van der Waals surface area contributed by atoms with Crippen molar-refractivity contribution in [3.05, 3.63) is 0 Å². The number of esters is 2. The van der Waals surface area contributed by atoms with Crippen molar-refractivity contribution in [2.75, 3.05) is 0 Å². The van der Waals surface area contributed by atoms with Gasteiger partial charge in [0.15, 0.2) is 0 Å². The van der Waals surface area contributed by atoms with Gasteiger partial charge in [-0.05, 0) is 20.8 Å². The standard InChI is InChI=1S/C11H18O4.Mg.2H/c1-10(2,3)7(12)8(13)15-9(14)11(4,5)6;;;/h1-6H3;;;/q;+2;2*-1. The molecule has 0 saturated carbocycles. The first-order valence-corrected chi connectivity index (χ1v) is 4.77. The smallest absolute Gasteiger partial charge is 1.00 e. The zero-order valence-corrected chi connectivity index (χ0v) is 12.3. The molecule has 4 nitrogen and oxygen atoms in total. The number of rotatable bonds is 1. The molecule has 0 unspecified atom stereocenters. The molecule has 0 aliphatic carbocycles. The van der Waals surface area contributed by atoms with Crippen LogP contribution in [0.2, 0.25) is 0 Å². The van der Waals surface area contributed by atoms with Gasteiger partial charge in [-0.2, -0.15) is 0 Å². The van der Waals surface area contributed by atoms with Gasteiger partial charge in [-0.3, -0.25) is 9.59 Å². The van der Waals surface area contributed by atoms with E-state index in [2.05, 4.69) is 4.74 Å². The Kier molecular flexibility index (Phi) is 6.48. The van der Waals surface area contributed by atoms with Crippen LogP contribution in [0.25, 0.3) is 0 Å². The van der Waals surface area contributed by atoms with Crippen LogP contribution in [-0.2, 0) is 19.1 Å². The summed E-state index contributed by atoms with van der Waals surface area (Å²) in [6.45, 7) is 9.63. The average molecular weight is 241 g/mol. The van der Waals surface area contributed by atoms with Gasteiger partial charge >= 0.3 is 35.0 Å². The van der Waals surface area contributed by atoms with Crippen LogP contribution in [0.4, 0.5) is 0 Å². The molecule has 0 heterocycles. The fourth-order valence-corrected chi connectivity index (χ4v) is 0.590. The van der Waals surface area contributed by atoms with Gasteiger partial charge in [-0.25, -0.2) is 4.79 Å². The van der Waals surface area contributed by atoms with E-state index in [1.54, 1.807) is 41.5 Å². The van der Waals surface area contributed by atoms with Crippen LogP contribution < -0.4 is 0 Å². The Morgan fingerprint density at radius 1 is 0.875 bits per heavy atom. The Balaban J connectivity index is -0.000000327. The summed E-state index contributed by atoms with van der Waals surface area (Å²) in [7, 11) is 0. The summed E-state index contributed by atoms with van der Waals surface area (Å²) in [5.74, 6) is -2.47. The molecule has 0 amide bonds. The Morgan fingerprint density at radius 2 is 1.25 bits per heavy atom. The predicted octanol–water partition coefficient (Wildman–Crippen LogP) is 1.56. The molecule has 0 atom stereocenters. The van der Waals surface area contributed by atoms with Crippen molar-refractivity contribution in [1.82, 2.24) is 0 Å². The van der Waals surface area contributed by atoms with Crippen molar-refractivity contribution >= 4 is 40.8 Å². The van der Waals surface area contributed by atoms with Gasteiger partial charge < -0.3 is 7.59 Å². The zero-order chi connectivity index (χ0) is 12.4. The van der Waals surface area contributed by atoms with E-state index in [4.69, 9.17) is 0 Å². The number of hydrogen-bond acceptors (Lipinski definition) is 4. The quantitative estimate of drug-likeness (QED) is 0.302. The SMILES string of the molecule is CC(C)(C)C(=O)OC(=O)C(=O)C(C)(C)C.[H-].[H-].[Mg+2]. The summed E-state index contributed by atoms with van der Waals surface area (Å²) >= 11 is 0. The fourth-order valence-electron chi connectivity index (χ4n) is 0.590. The zero-order valence-electron chi connectivity index (χ0n) is 12.8. The number of carbonyl (C=O) groups excluding carboxylic acids is 3. The van der Waals surface area contributed by atoms with E-state index in [1.165, 1.54) is 0 Å². The second-order valence-electron chi connectivity index (χ2n) is 5.51. The van der Waals surface area contributed by atoms with E-state index in [0.29, 0.717) is 0 Å². The average Bonchev–Trinajstić information content (AvgIpc) is 1.99. The second-order valence-corrected chi connectivity index (χ2v) is 5.51. The van der Waals surface area contributed by atoms with E-state index < -0.39 is 28.6 Å². The van der Waals surface area contributed by atoms with E-state index in [0.717, 1.165) is 0 Å². The van der Waals surface area contributed by atoms with E-state index in [9.17, 15) is 14.4 Å². The van der Waals surface area contributed by atoms with Crippen LogP contribution in [-0.4, -0.2) is 40.8 Å². The normalized spacial score (nSPS) is 11.4. The number of hydrogen-bond donors (Lipinski definition) is 0. The third-order valence-corrected chi connectivity index (χ3v) is 1.66. The third kappa shape index (κ3) is 5.60. The van der Waals surface area contributed by atoms with E-state index in [-0.39, 0.29) is 25.9 Å². The number of carbonyl (C=O) groups is 3. The maximum atomic E-state index is 11.4. The van der Waals surface area contributed by atoms with E-state index >= 15 is 0 Å². The van der Waals surface area contributed by atoms with Crippen LogP contribution >= 0.6 is 0 Å². The molecule has 0 bridgehead atoms. The monoisotopic (exact) mass is 240 g/mol. The molecule has 0 saturated heterocycles. The second kappa shape index (κ2) is 5.77. The van der Waals surface area contributed by atoms with Crippen LogP contribution in [0.5, 0.6) is 0 Å². The summed E-state index contributed by atoms with van der Waals surface area (Å²) in [4.78, 5) is 34.0. The molecule has 0 radical (unpaired) electrons. The molecular formula is C11H20MgO4. The summed E-state index contributed by atoms with van der Waals surface area (Å²) in [6.07, 6.45) is 0. The van der Waals surface area contributed by atoms with Gasteiger partial charge in [0.1, 0.15) is 0 Å². The van der Waals surface area contributed by atoms with Crippen LogP contribution in [0, 0.1) is 10.8 Å². The maximum Gasteiger partial charge on any atom is 2.00 e. The molecule has 0 aliphatic heterocycles. The molecule has 0 spiro atoms. The molecule has 90 valence electrons. The Bertz CT molecular complexity index is 303. The summed E-state index contributed by atoms with van der Waals surface area (Å²) in [6, 6.07) is 0. The molecule has 0 aliphatic rings. The molecule has 0 N–H and O–H groups in total. The predicted molar refractivity (Wildman–Crippen MR) is 63.0 cm³/mol. The van der Waals surface area contributed by atoms with Crippen LogP contribution in [0.15, 0.2) is 0 Å². The topological polar surface area (TPSA) is 60.4 Å². The summed E-state index contributed by atoms with van der Waals surface area (Å²) in [5.41, 5.74) is -1.61. The van der Waals surface area contributed by atoms with Gasteiger partial charge in [0.25, 0.3) is 0 Å². The van der Waals surface area contributed by atoms with Gasteiger partial charge in [0.2, 0.25) is 5.78 Å². The summed E-state index contributed by atoms with van der Waals surface area (Å²) in [5, 5.41) is 0. The Morgan fingerprint density at radius 3 is 1.50 bits per heavy atom. The van der Waals surface area contributed by atoms with Crippen molar-refractivity contribution in [2.24, 2.45) is 10.8 Å². The van der Waals surface area contributed by atoms with Crippen LogP contribution in [0.1, 0.15) is 44.4 Å². The van der Waals surface area contributed by atoms with E-state index in [1.807, 2.05) is 0 Å². The van der Waals surface area contributed by atoms with Gasteiger partial charge in [0.05, 0.1) is 5.41 Å². The Hall–Kier alpha value is -0.424. The van der Waals surface area contributed by atoms with Crippen molar-refractivity contribution in [1.29, 1.82) is 0 Å². The molecule has 0 aromatic heterocycles. The number of ether oxygens (including phenoxy) is 1. The first-order chi connectivity index (χ1) is 6.46. The van der Waals surface area contributed by atoms with Crippen molar-refractivity contribution in [3.63, 3.8) is 0 Å². The van der Waals surface area contributed by atoms with Crippen molar-refractivity contribution < 1.29 is 22.0 Å². The first kappa shape index (κ1) is 18.0. The molecule has 0 aromatic carbocycles. The minimum Gasteiger partial charge on any atom is -1.00 e. The molecule has 16 heavy (non-hydrogen) atoms. The minimum atomic E-state index is -1.08. The Labute approximate surface area is 115 Å². The molecular weight excluding hydrogens is 220 g/mol. The number of Topliss-reactive ketones (excluding diaryl/α,β-unsaturated/α-hetero) is 1. The molecule has 0 rings (SSSR count). The molecule has 0 fully saturated rings. The molecule has 5 heteroatoms. The largest absolute Gasteiger partial charge is 2.00 e. The molecule has 0 aromatic rings. The third-order valence-electron chi connectivity index (χ3n) is 1.66. The summed E-state index contributed by atoms with van der Waals surface area (Å²) < 4.78 is 4.48. The number of ketones is 1. The minimum absolute atomic E-state index is 0. The van der Waals surface area contributed by atoms with Gasteiger partial charge in [0, 0.05) is 5.41 Å². The van der Waals surface area contributed by atoms with Crippen molar-refractivity contribution in [3.8, 4) is 0 Å². The fraction of sp³-hybridized carbons (Fsp3) is 0.727. The van der Waals surface area contributed by atoms with Crippen molar-refractivity contribution in [2.45, 2.75) is 41.5 Å². The van der Waals surface area contributed by atoms with Gasteiger partial charge in [-0.15, -0.1) is 0 Å². The first-order valence-electron chi connectivity index (χ1n) is 4.77. The van der Waals surface area contributed by atoms with Gasteiger partial charge in [-0.1, -0.05) is 20.8 Å². The van der Waals surface area contributed by atoms with Crippen LogP contribution in [0.3, 0.4) is 0 Å².